The van der Waals surface area contributed by atoms with Crippen molar-refractivity contribution in [3.63, 3.8) is 0 Å². The van der Waals surface area contributed by atoms with Crippen LogP contribution >= 0.6 is 15.9 Å². The molecule has 0 unspecified atom stereocenters. The minimum atomic E-state index is -0.0297. The fourth-order valence-electron chi connectivity index (χ4n) is 2.20. The molecular formula is C15H11BrO3. The van der Waals surface area contributed by atoms with Gasteiger partial charge in [-0.1, -0.05) is 34.1 Å². The number of methoxy groups -OCH3 is 1. The molecule has 2 aromatic carbocycles. The molecule has 0 radical (unpaired) electrons. The van der Waals surface area contributed by atoms with Gasteiger partial charge in [-0.25, -0.2) is 0 Å². The lowest BCUT2D eigenvalue weighted by Crippen LogP contribution is -2.03. The van der Waals surface area contributed by atoms with Crippen molar-refractivity contribution in [1.82, 2.24) is 0 Å². The highest BCUT2D eigenvalue weighted by molar-refractivity contribution is 9.08. The third kappa shape index (κ3) is 1.83. The second kappa shape index (κ2) is 4.70. The lowest BCUT2D eigenvalue weighted by atomic mass is 10.1. The van der Waals surface area contributed by atoms with Crippen molar-refractivity contribution in [2.75, 3.05) is 7.11 Å². The maximum absolute atomic E-state index is 12.5. The Morgan fingerprint density at radius 2 is 1.79 bits per heavy atom. The zero-order valence-electron chi connectivity index (χ0n) is 10.3. The van der Waals surface area contributed by atoms with Crippen LogP contribution in [0.2, 0.25) is 0 Å². The first-order chi connectivity index (χ1) is 9.26. The predicted molar refractivity (Wildman–Crippen MR) is 79.2 cm³/mol. The maximum Gasteiger partial charge on any atom is 0.200 e. The van der Waals surface area contributed by atoms with Crippen LogP contribution in [0.15, 0.2) is 45.6 Å². The molecule has 0 aliphatic heterocycles. The Morgan fingerprint density at radius 1 is 1.11 bits per heavy atom. The summed E-state index contributed by atoms with van der Waals surface area (Å²) in [7, 11) is 1.56. The van der Waals surface area contributed by atoms with Crippen LogP contribution in [0.3, 0.4) is 0 Å². The smallest absolute Gasteiger partial charge is 0.200 e. The summed E-state index contributed by atoms with van der Waals surface area (Å²) in [6.45, 7) is 0. The average Bonchev–Trinajstić information content (AvgIpc) is 2.46. The Labute approximate surface area is 117 Å². The van der Waals surface area contributed by atoms with Crippen molar-refractivity contribution < 1.29 is 9.15 Å². The largest absolute Gasteiger partial charge is 0.493 e. The van der Waals surface area contributed by atoms with Gasteiger partial charge in [-0.15, -0.1) is 0 Å². The van der Waals surface area contributed by atoms with E-state index in [2.05, 4.69) is 15.9 Å². The lowest BCUT2D eigenvalue weighted by Gasteiger charge is -2.07. The van der Waals surface area contributed by atoms with Crippen LogP contribution in [0.25, 0.3) is 21.9 Å². The molecule has 1 aromatic heterocycles. The molecule has 0 saturated heterocycles. The van der Waals surface area contributed by atoms with Crippen LogP contribution in [0, 0.1) is 0 Å². The van der Waals surface area contributed by atoms with Gasteiger partial charge in [0.1, 0.15) is 5.58 Å². The highest BCUT2D eigenvalue weighted by Gasteiger charge is 2.13. The molecule has 3 nitrogen and oxygen atoms in total. The molecule has 19 heavy (non-hydrogen) atoms. The lowest BCUT2D eigenvalue weighted by molar-refractivity contribution is 0.411. The molecule has 3 aromatic rings. The van der Waals surface area contributed by atoms with Crippen molar-refractivity contribution in [2.24, 2.45) is 0 Å². The SMILES string of the molecule is COc1cccc2c(=O)c3cccc(CBr)c3oc12. The maximum atomic E-state index is 12.5. The number of alkyl halides is 1. The van der Waals surface area contributed by atoms with E-state index >= 15 is 0 Å². The summed E-state index contributed by atoms with van der Waals surface area (Å²) in [6.07, 6.45) is 0. The minimum Gasteiger partial charge on any atom is -0.493 e. The molecule has 4 heteroatoms. The number of ether oxygens (including phenoxy) is 1. The number of fused-ring (bicyclic) bond motifs is 2. The Bertz CT molecular complexity index is 756. The summed E-state index contributed by atoms with van der Waals surface area (Å²) < 4.78 is 11.2. The van der Waals surface area contributed by atoms with Gasteiger partial charge in [0.25, 0.3) is 0 Å². The number of halogens is 1. The van der Waals surface area contributed by atoms with Gasteiger partial charge in [0, 0.05) is 10.9 Å². The monoisotopic (exact) mass is 318 g/mol. The first kappa shape index (κ1) is 12.2. The Morgan fingerprint density at radius 3 is 2.47 bits per heavy atom. The van der Waals surface area contributed by atoms with Gasteiger partial charge in [-0.05, 0) is 18.2 Å². The molecule has 0 atom stereocenters. The summed E-state index contributed by atoms with van der Waals surface area (Å²) in [4.78, 5) is 12.5. The second-order valence-electron chi connectivity index (χ2n) is 4.20. The van der Waals surface area contributed by atoms with Gasteiger partial charge in [-0.2, -0.15) is 0 Å². The van der Waals surface area contributed by atoms with Crippen LogP contribution in [0.4, 0.5) is 0 Å². The average molecular weight is 319 g/mol. The van der Waals surface area contributed by atoms with Gasteiger partial charge >= 0.3 is 0 Å². The molecule has 96 valence electrons. The van der Waals surface area contributed by atoms with E-state index in [1.54, 1.807) is 31.4 Å². The first-order valence-electron chi connectivity index (χ1n) is 5.83. The van der Waals surface area contributed by atoms with E-state index in [9.17, 15) is 4.79 Å². The second-order valence-corrected chi connectivity index (χ2v) is 4.76. The predicted octanol–water partition coefficient (Wildman–Crippen LogP) is 3.85. The van der Waals surface area contributed by atoms with Crippen LogP contribution < -0.4 is 10.2 Å². The molecule has 0 saturated carbocycles. The molecule has 3 rings (SSSR count). The molecule has 0 bridgehead atoms. The van der Waals surface area contributed by atoms with E-state index in [1.807, 2.05) is 12.1 Å². The molecule has 1 heterocycles. The third-order valence-electron chi connectivity index (χ3n) is 3.13. The quantitative estimate of drug-likeness (QED) is 0.532. The van der Waals surface area contributed by atoms with Crippen molar-refractivity contribution in [3.05, 3.63) is 52.2 Å². The number of hydrogen-bond donors (Lipinski definition) is 0. The first-order valence-corrected chi connectivity index (χ1v) is 6.96. The zero-order chi connectivity index (χ0) is 13.4. The molecule has 0 N–H and O–H groups in total. The van der Waals surface area contributed by atoms with Crippen molar-refractivity contribution >= 4 is 37.9 Å². The van der Waals surface area contributed by atoms with Gasteiger partial charge in [-0.3, -0.25) is 4.79 Å². The summed E-state index contributed by atoms with van der Waals surface area (Å²) in [6, 6.07) is 10.9. The van der Waals surface area contributed by atoms with E-state index in [0.29, 0.717) is 33.0 Å². The van der Waals surface area contributed by atoms with Crippen LogP contribution in [0.5, 0.6) is 5.75 Å². The fraction of sp³-hybridized carbons (Fsp3) is 0.133. The molecule has 0 spiro atoms. The number of benzene rings is 2. The number of para-hydroxylation sites is 2. The number of rotatable bonds is 2. The Hall–Kier alpha value is -1.81. The van der Waals surface area contributed by atoms with Crippen LogP contribution in [0.1, 0.15) is 5.56 Å². The summed E-state index contributed by atoms with van der Waals surface area (Å²) >= 11 is 3.41. The molecule has 0 aliphatic rings. The molecular weight excluding hydrogens is 308 g/mol. The Kier molecular flexibility index (Phi) is 3.03. The van der Waals surface area contributed by atoms with Crippen molar-refractivity contribution in [3.8, 4) is 5.75 Å². The van der Waals surface area contributed by atoms with E-state index in [4.69, 9.17) is 9.15 Å². The van der Waals surface area contributed by atoms with Gasteiger partial charge in [0.05, 0.1) is 17.9 Å². The van der Waals surface area contributed by atoms with E-state index in [0.717, 1.165) is 5.56 Å². The number of hydrogen-bond acceptors (Lipinski definition) is 3. The molecule has 0 fully saturated rings. The summed E-state index contributed by atoms with van der Waals surface area (Å²) in [5, 5.41) is 1.77. The molecule has 0 amide bonds. The summed E-state index contributed by atoms with van der Waals surface area (Å²) in [5.74, 6) is 0.570. The van der Waals surface area contributed by atoms with E-state index in [1.165, 1.54) is 0 Å². The topological polar surface area (TPSA) is 39.4 Å². The Balaban J connectivity index is 2.57. The van der Waals surface area contributed by atoms with Crippen molar-refractivity contribution in [1.29, 1.82) is 0 Å². The van der Waals surface area contributed by atoms with Gasteiger partial charge < -0.3 is 9.15 Å². The van der Waals surface area contributed by atoms with Crippen molar-refractivity contribution in [2.45, 2.75) is 5.33 Å². The van der Waals surface area contributed by atoms with E-state index < -0.39 is 0 Å². The third-order valence-corrected chi connectivity index (χ3v) is 3.74. The minimum absolute atomic E-state index is 0.0297. The van der Waals surface area contributed by atoms with Gasteiger partial charge in [0.15, 0.2) is 11.3 Å². The highest BCUT2D eigenvalue weighted by atomic mass is 79.9. The standard InChI is InChI=1S/C15H11BrO3/c1-18-12-7-3-6-11-13(17)10-5-2-4-9(8-16)14(10)19-15(11)12/h2-7H,8H2,1H3. The van der Waals surface area contributed by atoms with Crippen LogP contribution in [-0.4, -0.2) is 7.11 Å². The normalized spacial score (nSPS) is 11.1. The zero-order valence-corrected chi connectivity index (χ0v) is 11.9. The highest BCUT2D eigenvalue weighted by Crippen LogP contribution is 2.28. The van der Waals surface area contributed by atoms with E-state index in [-0.39, 0.29) is 5.43 Å². The van der Waals surface area contributed by atoms with Crippen LogP contribution in [-0.2, 0) is 5.33 Å². The summed E-state index contributed by atoms with van der Waals surface area (Å²) in [5.41, 5.74) is 2.03. The van der Waals surface area contributed by atoms with Gasteiger partial charge in [0.2, 0.25) is 5.43 Å². The molecule has 0 aliphatic carbocycles. The fourth-order valence-corrected chi connectivity index (χ4v) is 2.64.